The van der Waals surface area contributed by atoms with Crippen molar-refractivity contribution in [3.05, 3.63) is 51.7 Å². The fourth-order valence-corrected chi connectivity index (χ4v) is 2.17. The molecule has 6 nitrogen and oxygen atoms in total. The highest BCUT2D eigenvalue weighted by Crippen LogP contribution is 2.08. The van der Waals surface area contributed by atoms with Crippen LogP contribution in [0.25, 0.3) is 6.08 Å². The Balaban J connectivity index is 1.95. The van der Waals surface area contributed by atoms with Gasteiger partial charge in [0, 0.05) is 17.7 Å². The van der Waals surface area contributed by atoms with Crippen molar-refractivity contribution in [2.75, 3.05) is 0 Å². The summed E-state index contributed by atoms with van der Waals surface area (Å²) in [5.74, 6) is -1.33. The van der Waals surface area contributed by atoms with Gasteiger partial charge in [-0.15, -0.1) is 11.3 Å². The van der Waals surface area contributed by atoms with E-state index in [1.165, 1.54) is 23.6 Å². The van der Waals surface area contributed by atoms with Crippen molar-refractivity contribution in [2.45, 2.75) is 13.5 Å². The van der Waals surface area contributed by atoms with Crippen LogP contribution >= 0.6 is 11.3 Å². The Labute approximate surface area is 125 Å². The van der Waals surface area contributed by atoms with Gasteiger partial charge in [0.15, 0.2) is 0 Å². The Morgan fingerprint density at radius 3 is 2.81 bits per heavy atom. The summed E-state index contributed by atoms with van der Waals surface area (Å²) in [6.45, 7) is 2.26. The third-order valence-electron chi connectivity index (χ3n) is 2.53. The van der Waals surface area contributed by atoms with Crippen molar-refractivity contribution in [3.8, 4) is 0 Å². The fourth-order valence-electron chi connectivity index (χ4n) is 1.56. The molecule has 0 saturated carbocycles. The zero-order chi connectivity index (χ0) is 15.2. The van der Waals surface area contributed by atoms with Crippen LogP contribution in [0.2, 0.25) is 0 Å². The Morgan fingerprint density at radius 2 is 2.24 bits per heavy atom. The molecule has 2 rings (SSSR count). The van der Waals surface area contributed by atoms with Gasteiger partial charge in [-0.2, -0.15) is 0 Å². The molecule has 0 saturated heterocycles. The molecule has 0 radical (unpaired) electrons. The predicted octanol–water partition coefficient (Wildman–Crippen LogP) is 1.87. The van der Waals surface area contributed by atoms with E-state index >= 15 is 0 Å². The number of aliphatic carboxylic acids is 1. The largest absolute Gasteiger partial charge is 0.478 e. The molecule has 0 spiro atoms. The number of thiazole rings is 1. The average molecular weight is 303 g/mol. The Hall–Kier alpha value is -2.54. The summed E-state index contributed by atoms with van der Waals surface area (Å²) in [5.41, 5.74) is 1.70. The van der Waals surface area contributed by atoms with Crippen molar-refractivity contribution in [1.29, 1.82) is 0 Å². The van der Waals surface area contributed by atoms with Crippen molar-refractivity contribution in [3.63, 3.8) is 0 Å². The van der Waals surface area contributed by atoms with E-state index in [1.54, 1.807) is 12.1 Å². The molecular weight excluding hydrogens is 290 g/mol. The number of hydrogen-bond acceptors (Lipinski definition) is 5. The van der Waals surface area contributed by atoms with Crippen LogP contribution in [0.5, 0.6) is 0 Å². The minimum Gasteiger partial charge on any atom is -0.478 e. The maximum Gasteiger partial charge on any atom is 0.328 e. The van der Waals surface area contributed by atoms with E-state index in [4.69, 9.17) is 5.11 Å². The Morgan fingerprint density at radius 1 is 1.43 bits per heavy atom. The van der Waals surface area contributed by atoms with Crippen LogP contribution < -0.4 is 5.32 Å². The number of carboxylic acids is 1. The van der Waals surface area contributed by atoms with Gasteiger partial charge in [-0.05, 0) is 24.6 Å². The van der Waals surface area contributed by atoms with Crippen LogP contribution in [-0.4, -0.2) is 27.0 Å². The SMILES string of the molecule is Cc1nc(CNC(=O)c2ccc(C=CC(=O)O)cn2)cs1. The third-order valence-corrected chi connectivity index (χ3v) is 3.36. The van der Waals surface area contributed by atoms with E-state index in [9.17, 15) is 9.59 Å². The van der Waals surface area contributed by atoms with Gasteiger partial charge >= 0.3 is 5.97 Å². The molecule has 2 aromatic rings. The number of carboxylic acid groups (broad SMARTS) is 1. The monoisotopic (exact) mass is 303 g/mol. The number of aryl methyl sites for hydroxylation is 1. The second-order valence-corrected chi connectivity index (χ2v) is 5.25. The van der Waals surface area contributed by atoms with E-state index in [0.717, 1.165) is 16.8 Å². The minimum absolute atomic E-state index is 0.273. The molecule has 2 N–H and O–H groups in total. The number of carbonyl (C=O) groups excluding carboxylic acids is 1. The quantitative estimate of drug-likeness (QED) is 0.823. The highest BCUT2D eigenvalue weighted by atomic mass is 32.1. The molecule has 0 unspecified atom stereocenters. The lowest BCUT2D eigenvalue weighted by atomic mass is 10.2. The van der Waals surface area contributed by atoms with E-state index in [1.807, 2.05) is 12.3 Å². The van der Waals surface area contributed by atoms with Crippen LogP contribution in [0.1, 0.15) is 26.8 Å². The number of amides is 1. The summed E-state index contributed by atoms with van der Waals surface area (Å²) in [6.07, 6.45) is 3.87. The molecule has 0 bridgehead atoms. The molecule has 2 heterocycles. The van der Waals surface area contributed by atoms with Gasteiger partial charge in [-0.25, -0.2) is 9.78 Å². The van der Waals surface area contributed by atoms with E-state index in [2.05, 4.69) is 15.3 Å². The first-order valence-electron chi connectivity index (χ1n) is 6.11. The van der Waals surface area contributed by atoms with Gasteiger partial charge in [-0.3, -0.25) is 9.78 Å². The second kappa shape index (κ2) is 6.76. The van der Waals surface area contributed by atoms with Gasteiger partial charge in [0.25, 0.3) is 5.91 Å². The van der Waals surface area contributed by atoms with Crippen LogP contribution in [0.15, 0.2) is 29.8 Å². The maximum atomic E-state index is 11.9. The predicted molar refractivity (Wildman–Crippen MR) is 78.9 cm³/mol. The van der Waals surface area contributed by atoms with E-state index < -0.39 is 5.97 Å². The maximum absolute atomic E-state index is 11.9. The zero-order valence-electron chi connectivity index (χ0n) is 11.2. The van der Waals surface area contributed by atoms with Gasteiger partial charge < -0.3 is 10.4 Å². The number of nitrogens with one attached hydrogen (secondary N) is 1. The van der Waals surface area contributed by atoms with Gasteiger partial charge in [0.05, 0.1) is 17.2 Å². The van der Waals surface area contributed by atoms with Gasteiger partial charge in [0.1, 0.15) is 5.69 Å². The number of aromatic nitrogens is 2. The summed E-state index contributed by atoms with van der Waals surface area (Å²) in [7, 11) is 0. The first-order chi connectivity index (χ1) is 10.0. The lowest BCUT2D eigenvalue weighted by Gasteiger charge is -2.02. The number of hydrogen-bond donors (Lipinski definition) is 2. The summed E-state index contributed by atoms with van der Waals surface area (Å²) < 4.78 is 0. The Kier molecular flexibility index (Phi) is 4.78. The molecule has 21 heavy (non-hydrogen) atoms. The van der Waals surface area contributed by atoms with Crippen LogP contribution in [-0.2, 0) is 11.3 Å². The van der Waals surface area contributed by atoms with Crippen LogP contribution in [0, 0.1) is 6.92 Å². The molecule has 0 aliphatic carbocycles. The standard InChI is InChI=1S/C14H13N3O3S/c1-9-17-11(8-21-9)7-16-14(20)12-4-2-10(6-15-12)3-5-13(18)19/h2-6,8H,7H2,1H3,(H,16,20)(H,18,19). The van der Waals surface area contributed by atoms with Gasteiger partial charge in [-0.1, -0.05) is 6.07 Å². The van der Waals surface area contributed by atoms with Crippen LogP contribution in [0.4, 0.5) is 0 Å². The van der Waals surface area contributed by atoms with Crippen LogP contribution in [0.3, 0.4) is 0 Å². The van der Waals surface area contributed by atoms with Gasteiger partial charge in [0.2, 0.25) is 0 Å². The summed E-state index contributed by atoms with van der Waals surface area (Å²) in [5, 5.41) is 14.1. The Bertz CT molecular complexity index is 677. The first-order valence-corrected chi connectivity index (χ1v) is 6.99. The number of rotatable bonds is 5. The fraction of sp³-hybridized carbons (Fsp3) is 0.143. The molecule has 108 valence electrons. The summed E-state index contributed by atoms with van der Waals surface area (Å²) in [4.78, 5) is 30.5. The molecule has 1 amide bonds. The third kappa shape index (κ3) is 4.50. The summed E-state index contributed by atoms with van der Waals surface area (Å²) in [6, 6.07) is 3.18. The lowest BCUT2D eigenvalue weighted by Crippen LogP contribution is -2.23. The van der Waals surface area contributed by atoms with Crippen molar-refractivity contribution in [1.82, 2.24) is 15.3 Å². The topological polar surface area (TPSA) is 92.2 Å². The molecule has 0 aliphatic rings. The molecule has 0 aliphatic heterocycles. The number of nitrogens with zero attached hydrogens (tertiary/aromatic N) is 2. The smallest absolute Gasteiger partial charge is 0.328 e. The summed E-state index contributed by atoms with van der Waals surface area (Å²) >= 11 is 1.53. The van der Waals surface area contributed by atoms with Crippen molar-refractivity contribution < 1.29 is 14.7 Å². The molecule has 7 heteroatoms. The first kappa shape index (κ1) is 14.9. The molecule has 0 atom stereocenters. The molecular formula is C14H13N3O3S. The normalized spacial score (nSPS) is 10.7. The molecule has 0 fully saturated rings. The zero-order valence-corrected chi connectivity index (χ0v) is 12.1. The van der Waals surface area contributed by atoms with E-state index in [0.29, 0.717) is 12.1 Å². The lowest BCUT2D eigenvalue weighted by molar-refractivity contribution is -0.131. The van der Waals surface area contributed by atoms with E-state index in [-0.39, 0.29) is 11.6 Å². The minimum atomic E-state index is -1.03. The number of pyridine rings is 1. The highest BCUT2D eigenvalue weighted by molar-refractivity contribution is 7.09. The van der Waals surface area contributed by atoms with Crippen molar-refractivity contribution >= 4 is 29.3 Å². The average Bonchev–Trinajstić information content (AvgIpc) is 2.89. The highest BCUT2D eigenvalue weighted by Gasteiger charge is 2.07. The second-order valence-electron chi connectivity index (χ2n) is 4.19. The molecule has 2 aromatic heterocycles. The van der Waals surface area contributed by atoms with Crippen molar-refractivity contribution in [2.24, 2.45) is 0 Å². The number of carbonyl (C=O) groups is 2. The molecule has 0 aromatic carbocycles.